The third-order valence-corrected chi connectivity index (χ3v) is 4.29. The number of likely N-dealkylation sites (tertiary alicyclic amines) is 1. The standard InChI is InChI=1S/C17H24N2O4/c1-22-14-4-3-13(15(11-14)23-2)10-17(21)19-7-5-12(6-8-19)9-16(18)20/h3-4,11-12H,5-10H2,1-2H3,(H2,18,20). The van der Waals surface area contributed by atoms with Gasteiger partial charge in [0.25, 0.3) is 0 Å². The minimum absolute atomic E-state index is 0.0750. The smallest absolute Gasteiger partial charge is 0.227 e. The average molecular weight is 320 g/mol. The second-order valence-corrected chi connectivity index (χ2v) is 5.85. The monoisotopic (exact) mass is 320 g/mol. The first-order valence-electron chi connectivity index (χ1n) is 7.80. The lowest BCUT2D eigenvalue weighted by molar-refractivity contribution is -0.132. The summed E-state index contributed by atoms with van der Waals surface area (Å²) in [6.07, 6.45) is 2.37. The molecule has 1 aromatic carbocycles. The van der Waals surface area contributed by atoms with Crippen molar-refractivity contribution in [2.75, 3.05) is 27.3 Å². The van der Waals surface area contributed by atoms with Crippen LogP contribution < -0.4 is 15.2 Å². The van der Waals surface area contributed by atoms with Crippen LogP contribution in [0.5, 0.6) is 11.5 Å². The molecule has 0 unspecified atom stereocenters. The second kappa shape index (κ2) is 7.85. The molecular formula is C17H24N2O4. The van der Waals surface area contributed by atoms with Gasteiger partial charge in [-0.05, 0) is 24.8 Å². The summed E-state index contributed by atoms with van der Waals surface area (Å²) in [7, 11) is 3.17. The number of nitrogens with two attached hydrogens (primary N) is 1. The zero-order valence-corrected chi connectivity index (χ0v) is 13.7. The summed E-state index contributed by atoms with van der Waals surface area (Å²) in [5.41, 5.74) is 6.08. The number of benzene rings is 1. The summed E-state index contributed by atoms with van der Waals surface area (Å²) in [5, 5.41) is 0. The van der Waals surface area contributed by atoms with Crippen molar-refractivity contribution in [1.29, 1.82) is 0 Å². The predicted octanol–water partition coefficient (Wildman–Crippen LogP) is 1.36. The molecule has 1 fully saturated rings. The number of carbonyl (C=O) groups excluding carboxylic acids is 2. The van der Waals surface area contributed by atoms with Crippen LogP contribution in [-0.4, -0.2) is 44.0 Å². The largest absolute Gasteiger partial charge is 0.497 e. The van der Waals surface area contributed by atoms with E-state index in [1.54, 1.807) is 20.3 Å². The van der Waals surface area contributed by atoms with Crippen molar-refractivity contribution in [2.24, 2.45) is 11.7 Å². The molecule has 0 aromatic heterocycles. The van der Waals surface area contributed by atoms with Gasteiger partial charge in [0.15, 0.2) is 0 Å². The summed E-state index contributed by atoms with van der Waals surface area (Å²) in [6.45, 7) is 1.35. The SMILES string of the molecule is COc1ccc(CC(=O)N2CCC(CC(N)=O)CC2)c(OC)c1. The number of ether oxygens (including phenoxy) is 2. The maximum Gasteiger partial charge on any atom is 0.227 e. The van der Waals surface area contributed by atoms with E-state index in [4.69, 9.17) is 15.2 Å². The average Bonchev–Trinajstić information content (AvgIpc) is 2.55. The van der Waals surface area contributed by atoms with E-state index in [2.05, 4.69) is 0 Å². The third kappa shape index (κ3) is 4.61. The van der Waals surface area contributed by atoms with Crippen LogP contribution >= 0.6 is 0 Å². The summed E-state index contributed by atoms with van der Waals surface area (Å²) in [6, 6.07) is 5.46. The highest BCUT2D eigenvalue weighted by atomic mass is 16.5. The molecule has 1 aromatic rings. The molecule has 0 aliphatic carbocycles. The normalized spacial score (nSPS) is 15.3. The Labute approximate surface area is 136 Å². The molecule has 23 heavy (non-hydrogen) atoms. The second-order valence-electron chi connectivity index (χ2n) is 5.85. The van der Waals surface area contributed by atoms with E-state index in [0.29, 0.717) is 43.3 Å². The number of hydrogen-bond donors (Lipinski definition) is 1. The fourth-order valence-corrected chi connectivity index (χ4v) is 2.94. The number of hydrogen-bond acceptors (Lipinski definition) is 4. The van der Waals surface area contributed by atoms with Gasteiger partial charge in [-0.25, -0.2) is 0 Å². The summed E-state index contributed by atoms with van der Waals surface area (Å²) >= 11 is 0. The Morgan fingerprint density at radius 3 is 2.48 bits per heavy atom. The van der Waals surface area contributed by atoms with Gasteiger partial charge in [-0.1, -0.05) is 6.07 Å². The minimum Gasteiger partial charge on any atom is -0.497 e. The highest BCUT2D eigenvalue weighted by molar-refractivity contribution is 5.80. The molecule has 2 amide bonds. The van der Waals surface area contributed by atoms with Crippen molar-refractivity contribution >= 4 is 11.8 Å². The Kier molecular flexibility index (Phi) is 5.84. The first-order chi connectivity index (χ1) is 11.0. The van der Waals surface area contributed by atoms with E-state index in [1.807, 2.05) is 17.0 Å². The van der Waals surface area contributed by atoms with Crippen molar-refractivity contribution in [3.8, 4) is 11.5 Å². The maximum atomic E-state index is 12.5. The lowest BCUT2D eigenvalue weighted by Crippen LogP contribution is -2.40. The first-order valence-corrected chi connectivity index (χ1v) is 7.80. The predicted molar refractivity (Wildman–Crippen MR) is 86.4 cm³/mol. The van der Waals surface area contributed by atoms with Crippen molar-refractivity contribution < 1.29 is 19.1 Å². The molecule has 6 heteroatoms. The number of piperidine rings is 1. The molecule has 1 saturated heterocycles. The highest BCUT2D eigenvalue weighted by Crippen LogP contribution is 2.26. The number of carbonyl (C=O) groups is 2. The zero-order valence-electron chi connectivity index (χ0n) is 13.7. The molecular weight excluding hydrogens is 296 g/mol. The van der Waals surface area contributed by atoms with Gasteiger partial charge in [0.1, 0.15) is 11.5 Å². The lowest BCUT2D eigenvalue weighted by Gasteiger charge is -2.31. The van der Waals surface area contributed by atoms with Gasteiger partial charge in [-0.3, -0.25) is 9.59 Å². The van der Waals surface area contributed by atoms with E-state index < -0.39 is 0 Å². The highest BCUT2D eigenvalue weighted by Gasteiger charge is 2.24. The van der Waals surface area contributed by atoms with Crippen molar-refractivity contribution in [3.63, 3.8) is 0 Å². The Morgan fingerprint density at radius 2 is 1.91 bits per heavy atom. The van der Waals surface area contributed by atoms with Crippen molar-refractivity contribution in [3.05, 3.63) is 23.8 Å². The Morgan fingerprint density at radius 1 is 1.22 bits per heavy atom. The van der Waals surface area contributed by atoms with Gasteiger partial charge in [-0.2, -0.15) is 0 Å². The molecule has 1 heterocycles. The quantitative estimate of drug-likeness (QED) is 0.858. The van der Waals surface area contributed by atoms with E-state index >= 15 is 0 Å². The van der Waals surface area contributed by atoms with Crippen LogP contribution in [0.25, 0.3) is 0 Å². The number of primary amides is 1. The van der Waals surface area contributed by atoms with Gasteiger partial charge in [0.2, 0.25) is 11.8 Å². The number of rotatable bonds is 6. The molecule has 6 nitrogen and oxygen atoms in total. The third-order valence-electron chi connectivity index (χ3n) is 4.29. The van der Waals surface area contributed by atoms with Crippen molar-refractivity contribution in [1.82, 2.24) is 4.90 Å². The van der Waals surface area contributed by atoms with Gasteiger partial charge in [-0.15, -0.1) is 0 Å². The van der Waals surface area contributed by atoms with Crippen LogP contribution in [0.3, 0.4) is 0 Å². The Balaban J connectivity index is 1.94. The lowest BCUT2D eigenvalue weighted by atomic mass is 9.93. The molecule has 1 aliphatic heterocycles. The summed E-state index contributed by atoms with van der Waals surface area (Å²) in [4.78, 5) is 25.3. The van der Waals surface area contributed by atoms with E-state index in [9.17, 15) is 9.59 Å². The van der Waals surface area contributed by atoms with Gasteiger partial charge < -0.3 is 20.1 Å². The Hall–Kier alpha value is -2.24. The van der Waals surface area contributed by atoms with Gasteiger partial charge in [0.05, 0.1) is 20.6 Å². The van der Waals surface area contributed by atoms with E-state index in [-0.39, 0.29) is 11.8 Å². The van der Waals surface area contributed by atoms with E-state index in [0.717, 1.165) is 18.4 Å². The number of nitrogens with zero attached hydrogens (tertiary/aromatic N) is 1. The number of methoxy groups -OCH3 is 2. The van der Waals surface area contributed by atoms with Gasteiger partial charge in [0, 0.05) is 31.1 Å². The topological polar surface area (TPSA) is 81.9 Å². The maximum absolute atomic E-state index is 12.5. The molecule has 0 radical (unpaired) electrons. The van der Waals surface area contributed by atoms with Crippen LogP contribution in [-0.2, 0) is 16.0 Å². The molecule has 0 atom stereocenters. The molecule has 0 saturated carbocycles. The molecule has 0 bridgehead atoms. The fourth-order valence-electron chi connectivity index (χ4n) is 2.94. The first kappa shape index (κ1) is 17.1. The molecule has 126 valence electrons. The molecule has 2 N–H and O–H groups in total. The van der Waals surface area contributed by atoms with Crippen LogP contribution in [0, 0.1) is 5.92 Å². The van der Waals surface area contributed by atoms with Crippen molar-refractivity contribution in [2.45, 2.75) is 25.7 Å². The molecule has 2 rings (SSSR count). The fraction of sp³-hybridized carbons (Fsp3) is 0.529. The Bertz CT molecular complexity index is 566. The van der Waals surface area contributed by atoms with E-state index in [1.165, 1.54) is 0 Å². The number of amides is 2. The van der Waals surface area contributed by atoms with Crippen LogP contribution in [0.2, 0.25) is 0 Å². The molecule has 1 aliphatic rings. The minimum atomic E-state index is -0.266. The van der Waals surface area contributed by atoms with Crippen LogP contribution in [0.15, 0.2) is 18.2 Å². The summed E-state index contributed by atoms with van der Waals surface area (Å²) < 4.78 is 10.5. The van der Waals surface area contributed by atoms with Crippen LogP contribution in [0.4, 0.5) is 0 Å². The summed E-state index contributed by atoms with van der Waals surface area (Å²) in [5.74, 6) is 1.46. The molecule has 0 spiro atoms. The van der Waals surface area contributed by atoms with Gasteiger partial charge >= 0.3 is 0 Å². The van der Waals surface area contributed by atoms with Crippen LogP contribution in [0.1, 0.15) is 24.8 Å². The zero-order chi connectivity index (χ0) is 16.8.